The first kappa shape index (κ1) is 11.8. The molecule has 5 heteroatoms. The van der Waals surface area contributed by atoms with Gasteiger partial charge in [0.25, 0.3) is 0 Å². The highest BCUT2D eigenvalue weighted by atomic mass is 35.5. The van der Waals surface area contributed by atoms with E-state index in [1.165, 1.54) is 0 Å². The lowest BCUT2D eigenvalue weighted by Gasteiger charge is -2.11. The lowest BCUT2D eigenvalue weighted by molar-refractivity contribution is 0.105. The molecule has 0 spiro atoms. The van der Waals surface area contributed by atoms with E-state index >= 15 is 0 Å². The summed E-state index contributed by atoms with van der Waals surface area (Å²) in [4.78, 5) is 0. The van der Waals surface area contributed by atoms with Crippen molar-refractivity contribution in [3.63, 3.8) is 0 Å². The third-order valence-corrected chi connectivity index (χ3v) is 2.16. The van der Waals surface area contributed by atoms with E-state index in [2.05, 4.69) is 5.32 Å². The van der Waals surface area contributed by atoms with Crippen molar-refractivity contribution in [2.45, 2.75) is 6.10 Å². The van der Waals surface area contributed by atoms with Gasteiger partial charge in [0, 0.05) is 6.54 Å². The number of aliphatic hydroxyl groups excluding tert-OH is 2. The average Bonchev–Trinajstić information content (AvgIpc) is 2.27. The molecule has 1 unspecified atom stereocenters. The van der Waals surface area contributed by atoms with Gasteiger partial charge in [0.15, 0.2) is 0 Å². The maximum absolute atomic E-state index is 9.12. The van der Waals surface area contributed by atoms with Crippen molar-refractivity contribution in [1.29, 1.82) is 5.26 Å². The maximum atomic E-state index is 9.12. The molecule has 0 aliphatic rings. The Balaban J connectivity index is 2.72. The third-order valence-electron chi connectivity index (χ3n) is 1.83. The van der Waals surface area contributed by atoms with Gasteiger partial charge in [-0.1, -0.05) is 11.6 Å². The molecule has 4 nitrogen and oxygen atoms in total. The topological polar surface area (TPSA) is 76.3 Å². The molecule has 0 aromatic heterocycles. The number of nitrogens with zero attached hydrogens (tertiary/aromatic N) is 1. The number of benzene rings is 1. The first-order valence-corrected chi connectivity index (χ1v) is 4.77. The number of anilines is 1. The number of hydrogen-bond donors (Lipinski definition) is 3. The first-order valence-electron chi connectivity index (χ1n) is 4.40. The van der Waals surface area contributed by atoms with Crippen LogP contribution in [-0.2, 0) is 0 Å². The predicted molar refractivity (Wildman–Crippen MR) is 57.7 cm³/mol. The largest absolute Gasteiger partial charge is 0.394 e. The molecule has 0 saturated heterocycles. The van der Waals surface area contributed by atoms with Crippen LogP contribution in [0.5, 0.6) is 0 Å². The first-order chi connectivity index (χ1) is 7.17. The fourth-order valence-electron chi connectivity index (χ4n) is 1.02. The van der Waals surface area contributed by atoms with E-state index in [9.17, 15) is 0 Å². The minimum absolute atomic E-state index is 0.186. The second-order valence-electron chi connectivity index (χ2n) is 3.02. The van der Waals surface area contributed by atoms with E-state index in [0.717, 1.165) is 0 Å². The number of aliphatic hydroxyl groups is 2. The molecule has 0 aliphatic heterocycles. The molecule has 0 saturated carbocycles. The van der Waals surface area contributed by atoms with Crippen LogP contribution in [0.2, 0.25) is 5.02 Å². The van der Waals surface area contributed by atoms with Crippen LogP contribution >= 0.6 is 11.6 Å². The minimum atomic E-state index is -0.841. The molecule has 1 aromatic carbocycles. The number of rotatable bonds is 4. The van der Waals surface area contributed by atoms with Crippen LogP contribution in [0, 0.1) is 11.3 Å². The highest BCUT2D eigenvalue weighted by Gasteiger charge is 2.05. The van der Waals surface area contributed by atoms with Gasteiger partial charge >= 0.3 is 0 Å². The Morgan fingerprint density at radius 2 is 2.27 bits per heavy atom. The van der Waals surface area contributed by atoms with Crippen molar-refractivity contribution in [3.05, 3.63) is 28.8 Å². The van der Waals surface area contributed by atoms with Crippen LogP contribution in [-0.4, -0.2) is 29.5 Å². The van der Waals surface area contributed by atoms with Gasteiger partial charge in [0.2, 0.25) is 0 Å². The predicted octanol–water partition coefficient (Wildman–Crippen LogP) is 0.977. The van der Waals surface area contributed by atoms with Gasteiger partial charge in [0.1, 0.15) is 0 Å². The van der Waals surface area contributed by atoms with Crippen molar-refractivity contribution in [2.75, 3.05) is 18.5 Å². The van der Waals surface area contributed by atoms with E-state index in [0.29, 0.717) is 16.3 Å². The second kappa shape index (κ2) is 5.56. The minimum Gasteiger partial charge on any atom is -0.394 e. The van der Waals surface area contributed by atoms with Crippen LogP contribution in [0.25, 0.3) is 0 Å². The van der Waals surface area contributed by atoms with Crippen LogP contribution in [0.1, 0.15) is 5.56 Å². The molecule has 0 heterocycles. The quantitative estimate of drug-likeness (QED) is 0.715. The van der Waals surface area contributed by atoms with E-state index < -0.39 is 6.10 Å². The molecular formula is C10H11ClN2O2. The summed E-state index contributed by atoms with van der Waals surface area (Å²) < 4.78 is 0. The zero-order valence-electron chi connectivity index (χ0n) is 7.94. The normalized spacial score (nSPS) is 11.9. The number of nitrogens with one attached hydrogen (secondary N) is 1. The molecule has 0 aliphatic carbocycles. The standard InChI is InChI=1S/C10H11ClN2O2/c11-9-2-1-7(4-12)3-10(9)13-5-8(15)6-14/h1-3,8,13-15H,5-6H2. The molecule has 15 heavy (non-hydrogen) atoms. The summed E-state index contributed by atoms with van der Waals surface area (Å²) in [6.07, 6.45) is -0.841. The van der Waals surface area contributed by atoms with Crippen molar-refractivity contribution in [1.82, 2.24) is 0 Å². The Morgan fingerprint density at radius 1 is 1.53 bits per heavy atom. The Kier molecular flexibility index (Phi) is 4.37. The monoisotopic (exact) mass is 226 g/mol. The van der Waals surface area contributed by atoms with E-state index in [1.807, 2.05) is 6.07 Å². The van der Waals surface area contributed by atoms with Gasteiger partial charge in [-0.05, 0) is 18.2 Å². The summed E-state index contributed by atoms with van der Waals surface area (Å²) >= 11 is 5.86. The lowest BCUT2D eigenvalue weighted by atomic mass is 10.2. The van der Waals surface area contributed by atoms with E-state index in [1.54, 1.807) is 18.2 Å². The molecule has 0 fully saturated rings. The van der Waals surface area contributed by atoms with Crippen molar-refractivity contribution < 1.29 is 10.2 Å². The smallest absolute Gasteiger partial charge is 0.0992 e. The van der Waals surface area contributed by atoms with E-state index in [-0.39, 0.29) is 13.2 Å². The zero-order valence-corrected chi connectivity index (χ0v) is 8.70. The van der Waals surface area contributed by atoms with E-state index in [4.69, 9.17) is 27.1 Å². The van der Waals surface area contributed by atoms with Crippen LogP contribution in [0.15, 0.2) is 18.2 Å². The Hall–Kier alpha value is -1.28. The van der Waals surface area contributed by atoms with Crippen molar-refractivity contribution >= 4 is 17.3 Å². The summed E-state index contributed by atoms with van der Waals surface area (Å²) in [7, 11) is 0. The molecule has 80 valence electrons. The molecule has 1 rings (SSSR count). The fraction of sp³-hybridized carbons (Fsp3) is 0.300. The average molecular weight is 227 g/mol. The van der Waals surface area contributed by atoms with Crippen LogP contribution in [0.4, 0.5) is 5.69 Å². The summed E-state index contributed by atoms with van der Waals surface area (Å²) in [5.74, 6) is 0. The van der Waals surface area contributed by atoms with Gasteiger partial charge < -0.3 is 15.5 Å². The summed E-state index contributed by atoms with van der Waals surface area (Å²) in [6, 6.07) is 6.79. The Labute approximate surface area is 92.7 Å². The highest BCUT2D eigenvalue weighted by Crippen LogP contribution is 2.22. The maximum Gasteiger partial charge on any atom is 0.0992 e. The summed E-state index contributed by atoms with van der Waals surface area (Å²) in [6.45, 7) is -0.131. The summed E-state index contributed by atoms with van der Waals surface area (Å²) in [5.41, 5.74) is 1.06. The van der Waals surface area contributed by atoms with Gasteiger partial charge in [-0.3, -0.25) is 0 Å². The number of hydrogen-bond acceptors (Lipinski definition) is 4. The third kappa shape index (κ3) is 3.40. The molecule has 3 N–H and O–H groups in total. The number of nitriles is 1. The SMILES string of the molecule is N#Cc1ccc(Cl)c(NCC(O)CO)c1. The Bertz CT molecular complexity index is 376. The molecule has 1 atom stereocenters. The van der Waals surface area contributed by atoms with Crippen molar-refractivity contribution in [2.24, 2.45) is 0 Å². The molecule has 0 radical (unpaired) electrons. The number of halogens is 1. The van der Waals surface area contributed by atoms with Crippen molar-refractivity contribution in [3.8, 4) is 6.07 Å². The lowest BCUT2D eigenvalue weighted by Crippen LogP contribution is -2.23. The van der Waals surface area contributed by atoms with Gasteiger partial charge in [-0.2, -0.15) is 5.26 Å². The van der Waals surface area contributed by atoms with Gasteiger partial charge in [-0.15, -0.1) is 0 Å². The molecular weight excluding hydrogens is 216 g/mol. The molecule has 0 amide bonds. The van der Waals surface area contributed by atoms with Crippen LogP contribution < -0.4 is 5.32 Å². The highest BCUT2D eigenvalue weighted by molar-refractivity contribution is 6.33. The molecule has 0 bridgehead atoms. The fourth-order valence-corrected chi connectivity index (χ4v) is 1.21. The summed E-state index contributed by atoms with van der Waals surface area (Å²) in [5, 5.41) is 29.7. The Morgan fingerprint density at radius 3 is 2.87 bits per heavy atom. The molecule has 1 aromatic rings. The van der Waals surface area contributed by atoms with Gasteiger partial charge in [0.05, 0.1) is 35.1 Å². The van der Waals surface area contributed by atoms with Gasteiger partial charge in [-0.25, -0.2) is 0 Å². The second-order valence-corrected chi connectivity index (χ2v) is 3.43. The zero-order chi connectivity index (χ0) is 11.3. The van der Waals surface area contributed by atoms with Crippen LogP contribution in [0.3, 0.4) is 0 Å².